The van der Waals surface area contributed by atoms with Crippen molar-refractivity contribution in [2.45, 2.75) is 45.3 Å². The van der Waals surface area contributed by atoms with Gasteiger partial charge in [-0.1, -0.05) is 19.8 Å². The van der Waals surface area contributed by atoms with Gasteiger partial charge >= 0.3 is 0 Å². The van der Waals surface area contributed by atoms with E-state index in [0.717, 1.165) is 25.7 Å². The average Bonchev–Trinajstić information content (AvgIpc) is 2.33. The maximum absolute atomic E-state index is 12.2. The fourth-order valence-corrected chi connectivity index (χ4v) is 2.55. The van der Waals surface area contributed by atoms with Gasteiger partial charge < -0.3 is 9.47 Å². The minimum atomic E-state index is -0.899. The van der Waals surface area contributed by atoms with Gasteiger partial charge in [-0.3, -0.25) is 9.59 Å². The predicted octanol–water partition coefficient (Wildman–Crippen LogP) is 1.96. The molecular weight excluding hydrogens is 220 g/mol. The van der Waals surface area contributed by atoms with Gasteiger partial charge in [0, 0.05) is 20.1 Å². The number of hydrogen-bond acceptors (Lipinski definition) is 4. The molecule has 98 valence electrons. The van der Waals surface area contributed by atoms with Crippen LogP contribution in [0.25, 0.3) is 0 Å². The van der Waals surface area contributed by atoms with Crippen LogP contribution >= 0.6 is 0 Å². The maximum atomic E-state index is 12.2. The molecule has 4 heteroatoms. The van der Waals surface area contributed by atoms with Crippen molar-refractivity contribution in [1.82, 2.24) is 0 Å². The Kier molecular flexibility index (Phi) is 5.78. The number of Topliss-reactive ketones (excluding diaryl/α,β-unsaturated/α-hetero) is 2. The van der Waals surface area contributed by atoms with Crippen molar-refractivity contribution in [3.63, 3.8) is 0 Å². The van der Waals surface area contributed by atoms with Gasteiger partial charge in [-0.15, -0.1) is 0 Å². The highest BCUT2D eigenvalue weighted by atomic mass is 16.7. The van der Waals surface area contributed by atoms with E-state index in [1.54, 1.807) is 0 Å². The van der Waals surface area contributed by atoms with E-state index < -0.39 is 12.2 Å². The van der Waals surface area contributed by atoms with Gasteiger partial charge in [0.15, 0.2) is 5.78 Å². The monoisotopic (exact) mass is 242 g/mol. The first kappa shape index (κ1) is 14.3. The van der Waals surface area contributed by atoms with E-state index in [9.17, 15) is 9.59 Å². The van der Waals surface area contributed by atoms with E-state index in [0.29, 0.717) is 6.42 Å². The summed E-state index contributed by atoms with van der Waals surface area (Å²) in [5.41, 5.74) is 0. The van der Waals surface area contributed by atoms with Crippen LogP contribution in [0.1, 0.15) is 39.0 Å². The third-order valence-electron chi connectivity index (χ3n) is 3.43. The van der Waals surface area contributed by atoms with Gasteiger partial charge in [0.1, 0.15) is 5.78 Å². The highest BCUT2D eigenvalue weighted by Gasteiger charge is 2.38. The second-order valence-electron chi connectivity index (χ2n) is 4.58. The summed E-state index contributed by atoms with van der Waals surface area (Å²) in [6.45, 7) is 2.06. The van der Waals surface area contributed by atoms with Crippen LogP contribution < -0.4 is 0 Å². The molecule has 0 heterocycles. The third kappa shape index (κ3) is 3.36. The Morgan fingerprint density at radius 1 is 1.35 bits per heavy atom. The minimum absolute atomic E-state index is 0.0528. The zero-order chi connectivity index (χ0) is 12.8. The minimum Gasteiger partial charge on any atom is -0.349 e. The standard InChI is InChI=1S/C13H22O4/c1-4-6-9-7-5-8-10(11(9)14)12(15)13(16-2)17-3/h9-10,13H,4-8H2,1-3H3/t9-,10-/m0/s1. The molecule has 1 saturated carbocycles. The Morgan fingerprint density at radius 2 is 2.00 bits per heavy atom. The first-order valence-electron chi connectivity index (χ1n) is 6.28. The summed E-state index contributed by atoms with van der Waals surface area (Å²) in [6, 6.07) is 0. The van der Waals surface area contributed by atoms with Crippen molar-refractivity contribution in [1.29, 1.82) is 0 Å². The summed E-state index contributed by atoms with van der Waals surface area (Å²) < 4.78 is 9.87. The van der Waals surface area contributed by atoms with Gasteiger partial charge in [-0.25, -0.2) is 0 Å². The smallest absolute Gasteiger partial charge is 0.218 e. The molecular formula is C13H22O4. The van der Waals surface area contributed by atoms with Gasteiger partial charge in [-0.2, -0.15) is 0 Å². The van der Waals surface area contributed by atoms with Crippen LogP contribution in [0.4, 0.5) is 0 Å². The molecule has 0 aliphatic heterocycles. The number of carbonyl (C=O) groups excluding carboxylic acids is 2. The summed E-state index contributed by atoms with van der Waals surface area (Å²) in [4.78, 5) is 24.2. The van der Waals surface area contributed by atoms with Gasteiger partial charge in [0.25, 0.3) is 0 Å². The summed E-state index contributed by atoms with van der Waals surface area (Å²) in [5.74, 6) is -0.606. The fourth-order valence-electron chi connectivity index (χ4n) is 2.55. The number of methoxy groups -OCH3 is 2. The van der Waals surface area contributed by atoms with Crippen molar-refractivity contribution in [3.8, 4) is 0 Å². The van der Waals surface area contributed by atoms with Crippen LogP contribution in [0, 0.1) is 11.8 Å². The van der Waals surface area contributed by atoms with Gasteiger partial charge in [0.2, 0.25) is 6.29 Å². The summed E-state index contributed by atoms with van der Waals surface area (Å²) in [5, 5.41) is 0. The Hall–Kier alpha value is -0.740. The molecule has 0 saturated heterocycles. The van der Waals surface area contributed by atoms with E-state index in [1.807, 2.05) is 0 Å². The molecule has 1 fully saturated rings. The summed E-state index contributed by atoms with van der Waals surface area (Å²) in [6.07, 6.45) is 3.46. The van der Waals surface area contributed by atoms with Crippen LogP contribution in [0.3, 0.4) is 0 Å². The second kappa shape index (κ2) is 6.87. The second-order valence-corrected chi connectivity index (χ2v) is 4.58. The number of ether oxygens (including phenoxy) is 2. The van der Waals surface area contributed by atoms with Crippen LogP contribution in [0.5, 0.6) is 0 Å². The normalized spacial score (nSPS) is 25.3. The first-order valence-corrected chi connectivity index (χ1v) is 6.28. The zero-order valence-electron chi connectivity index (χ0n) is 10.9. The predicted molar refractivity (Wildman–Crippen MR) is 63.6 cm³/mol. The van der Waals surface area contributed by atoms with Crippen LogP contribution in [0.2, 0.25) is 0 Å². The number of rotatable bonds is 6. The lowest BCUT2D eigenvalue weighted by atomic mass is 9.76. The molecule has 0 N–H and O–H groups in total. The summed E-state index contributed by atoms with van der Waals surface area (Å²) in [7, 11) is 2.84. The Bertz CT molecular complexity index is 269. The maximum Gasteiger partial charge on any atom is 0.218 e. The number of ketones is 2. The fraction of sp³-hybridized carbons (Fsp3) is 0.846. The molecule has 0 spiro atoms. The van der Waals surface area contributed by atoms with Gasteiger partial charge in [0.05, 0.1) is 5.92 Å². The average molecular weight is 242 g/mol. The molecule has 0 amide bonds. The number of carbonyl (C=O) groups is 2. The Morgan fingerprint density at radius 3 is 2.53 bits per heavy atom. The lowest BCUT2D eigenvalue weighted by molar-refractivity contribution is -0.164. The SMILES string of the molecule is CCC[C@H]1CCC[C@H](C(=O)C(OC)OC)C1=O. The topological polar surface area (TPSA) is 52.6 Å². The largest absolute Gasteiger partial charge is 0.349 e. The third-order valence-corrected chi connectivity index (χ3v) is 3.43. The molecule has 1 aliphatic carbocycles. The first-order chi connectivity index (χ1) is 8.15. The Balaban J connectivity index is 2.69. The van der Waals surface area contributed by atoms with Crippen molar-refractivity contribution < 1.29 is 19.1 Å². The van der Waals surface area contributed by atoms with E-state index in [2.05, 4.69) is 6.92 Å². The molecule has 2 atom stereocenters. The van der Waals surface area contributed by atoms with Crippen molar-refractivity contribution in [2.24, 2.45) is 11.8 Å². The lowest BCUT2D eigenvalue weighted by Crippen LogP contribution is -2.40. The molecule has 0 aromatic carbocycles. The van der Waals surface area contributed by atoms with E-state index in [1.165, 1.54) is 14.2 Å². The van der Waals surface area contributed by atoms with E-state index >= 15 is 0 Å². The number of hydrogen-bond donors (Lipinski definition) is 0. The quantitative estimate of drug-likeness (QED) is 0.528. The van der Waals surface area contributed by atoms with E-state index in [4.69, 9.17) is 9.47 Å². The highest BCUT2D eigenvalue weighted by molar-refractivity contribution is 6.05. The van der Waals surface area contributed by atoms with Crippen LogP contribution in [0.15, 0.2) is 0 Å². The van der Waals surface area contributed by atoms with Crippen LogP contribution in [-0.2, 0) is 19.1 Å². The van der Waals surface area contributed by atoms with Crippen molar-refractivity contribution in [3.05, 3.63) is 0 Å². The van der Waals surface area contributed by atoms with Crippen molar-refractivity contribution in [2.75, 3.05) is 14.2 Å². The van der Waals surface area contributed by atoms with Gasteiger partial charge in [-0.05, 0) is 19.3 Å². The zero-order valence-corrected chi connectivity index (χ0v) is 10.9. The molecule has 1 aliphatic rings. The molecule has 17 heavy (non-hydrogen) atoms. The molecule has 1 rings (SSSR count). The lowest BCUT2D eigenvalue weighted by Gasteiger charge is -2.28. The van der Waals surface area contributed by atoms with Crippen molar-refractivity contribution >= 4 is 11.6 Å². The van der Waals surface area contributed by atoms with E-state index in [-0.39, 0.29) is 17.5 Å². The Labute approximate surface area is 103 Å². The molecule has 0 unspecified atom stereocenters. The molecule has 0 aromatic heterocycles. The highest BCUT2D eigenvalue weighted by Crippen LogP contribution is 2.30. The molecule has 0 bridgehead atoms. The summed E-state index contributed by atoms with van der Waals surface area (Å²) >= 11 is 0. The molecule has 0 aromatic rings. The molecule has 0 radical (unpaired) electrons. The molecule has 4 nitrogen and oxygen atoms in total. The van der Waals surface area contributed by atoms with Crippen LogP contribution in [-0.4, -0.2) is 32.1 Å².